The lowest BCUT2D eigenvalue weighted by molar-refractivity contribution is 0.466. The second kappa shape index (κ2) is 7.80. The smallest absolute Gasteiger partial charge is 0.137 e. The van der Waals surface area contributed by atoms with Crippen LogP contribution in [0.5, 0.6) is 0 Å². The fourth-order valence-corrected chi connectivity index (χ4v) is 2.26. The highest BCUT2D eigenvalue weighted by atomic mass is 79.9. The average molecular weight is 303 g/mol. The van der Waals surface area contributed by atoms with E-state index in [0.29, 0.717) is 4.47 Å². The first kappa shape index (κ1) is 14.6. The number of halogens is 2. The number of rotatable bonds is 7. The molecule has 0 aliphatic rings. The van der Waals surface area contributed by atoms with Crippen molar-refractivity contribution in [3.8, 4) is 0 Å². The van der Waals surface area contributed by atoms with E-state index < -0.39 is 0 Å². The van der Waals surface area contributed by atoms with E-state index in [1.807, 2.05) is 12.1 Å². The molecule has 0 aliphatic heterocycles. The maximum Gasteiger partial charge on any atom is 0.137 e. The van der Waals surface area contributed by atoms with Crippen molar-refractivity contribution in [3.05, 3.63) is 34.1 Å². The standard InChI is InChI=1S/C13H20BrFN2/c1-2-3-4-5-11(17-16)8-10-6-7-13(15)12(14)9-10/h6-7,9,11,17H,2-5,8,16H2,1H3. The Hall–Kier alpha value is -0.450. The van der Waals surface area contributed by atoms with Gasteiger partial charge in [-0.05, 0) is 46.5 Å². The molecule has 0 saturated heterocycles. The lowest BCUT2D eigenvalue weighted by Gasteiger charge is -2.15. The van der Waals surface area contributed by atoms with Crippen molar-refractivity contribution >= 4 is 15.9 Å². The Kier molecular flexibility index (Phi) is 6.70. The molecule has 0 fully saturated rings. The monoisotopic (exact) mass is 302 g/mol. The van der Waals surface area contributed by atoms with Crippen LogP contribution >= 0.6 is 15.9 Å². The molecule has 17 heavy (non-hydrogen) atoms. The third-order valence-corrected chi connectivity index (χ3v) is 3.47. The van der Waals surface area contributed by atoms with Crippen LogP contribution in [0.25, 0.3) is 0 Å². The molecule has 0 saturated carbocycles. The van der Waals surface area contributed by atoms with Crippen molar-refractivity contribution in [1.82, 2.24) is 5.43 Å². The molecular weight excluding hydrogens is 283 g/mol. The number of nitrogens with one attached hydrogen (secondary N) is 1. The zero-order chi connectivity index (χ0) is 12.7. The summed E-state index contributed by atoms with van der Waals surface area (Å²) in [6, 6.07) is 5.38. The van der Waals surface area contributed by atoms with Crippen LogP contribution in [0.3, 0.4) is 0 Å². The van der Waals surface area contributed by atoms with Gasteiger partial charge >= 0.3 is 0 Å². The van der Waals surface area contributed by atoms with Crippen molar-refractivity contribution in [2.75, 3.05) is 0 Å². The Labute approximate surface area is 111 Å². The fraction of sp³-hybridized carbons (Fsp3) is 0.538. The molecule has 0 radical (unpaired) electrons. The third-order valence-electron chi connectivity index (χ3n) is 2.86. The molecule has 0 spiro atoms. The van der Waals surface area contributed by atoms with E-state index in [4.69, 9.17) is 5.84 Å². The number of unbranched alkanes of at least 4 members (excludes halogenated alkanes) is 2. The SMILES string of the molecule is CCCCCC(Cc1ccc(F)c(Br)c1)NN. The van der Waals surface area contributed by atoms with Crippen molar-refractivity contribution in [1.29, 1.82) is 0 Å². The van der Waals surface area contributed by atoms with Crippen LogP contribution in [0.4, 0.5) is 4.39 Å². The van der Waals surface area contributed by atoms with Gasteiger partial charge in [0.15, 0.2) is 0 Å². The number of benzene rings is 1. The first-order valence-corrected chi connectivity index (χ1v) is 6.86. The highest BCUT2D eigenvalue weighted by molar-refractivity contribution is 9.10. The molecule has 0 aromatic heterocycles. The van der Waals surface area contributed by atoms with Gasteiger partial charge in [-0.3, -0.25) is 11.3 Å². The van der Waals surface area contributed by atoms with Crippen LogP contribution in [-0.2, 0) is 6.42 Å². The Morgan fingerprint density at radius 3 is 2.76 bits per heavy atom. The third kappa shape index (κ3) is 5.15. The number of hydrogen-bond donors (Lipinski definition) is 2. The molecule has 1 aromatic rings. The summed E-state index contributed by atoms with van der Waals surface area (Å²) in [6.07, 6.45) is 5.50. The quantitative estimate of drug-likeness (QED) is 0.459. The molecule has 4 heteroatoms. The summed E-state index contributed by atoms with van der Waals surface area (Å²) in [5.74, 6) is 5.31. The Bertz CT molecular complexity index is 344. The van der Waals surface area contributed by atoms with E-state index >= 15 is 0 Å². The van der Waals surface area contributed by atoms with Crippen LogP contribution in [0.1, 0.15) is 38.2 Å². The number of nitrogens with two attached hydrogens (primary N) is 1. The van der Waals surface area contributed by atoms with E-state index in [2.05, 4.69) is 28.3 Å². The number of hydrogen-bond acceptors (Lipinski definition) is 2. The van der Waals surface area contributed by atoms with Gasteiger partial charge in [0.25, 0.3) is 0 Å². The molecule has 3 N–H and O–H groups in total. The van der Waals surface area contributed by atoms with Gasteiger partial charge in [-0.25, -0.2) is 4.39 Å². The summed E-state index contributed by atoms with van der Waals surface area (Å²) in [6.45, 7) is 2.18. The predicted molar refractivity (Wildman–Crippen MR) is 73.1 cm³/mol. The Morgan fingerprint density at radius 2 is 2.18 bits per heavy atom. The van der Waals surface area contributed by atoms with Gasteiger partial charge in [0.05, 0.1) is 4.47 Å². The predicted octanol–water partition coefficient (Wildman–Crippen LogP) is 3.54. The van der Waals surface area contributed by atoms with Gasteiger partial charge in [-0.1, -0.05) is 32.3 Å². The maximum atomic E-state index is 13.1. The molecule has 0 bridgehead atoms. The molecule has 1 rings (SSSR count). The highest BCUT2D eigenvalue weighted by Crippen LogP contribution is 2.18. The van der Waals surface area contributed by atoms with Gasteiger partial charge in [0, 0.05) is 6.04 Å². The first-order chi connectivity index (χ1) is 8.17. The van der Waals surface area contributed by atoms with E-state index in [9.17, 15) is 4.39 Å². The average Bonchev–Trinajstić information content (AvgIpc) is 2.32. The van der Waals surface area contributed by atoms with Crippen LogP contribution in [0.2, 0.25) is 0 Å². The van der Waals surface area contributed by atoms with Crippen LogP contribution in [0, 0.1) is 5.82 Å². The highest BCUT2D eigenvalue weighted by Gasteiger charge is 2.08. The lowest BCUT2D eigenvalue weighted by Crippen LogP contribution is -2.36. The van der Waals surface area contributed by atoms with Gasteiger partial charge in [0.1, 0.15) is 5.82 Å². The van der Waals surface area contributed by atoms with E-state index in [-0.39, 0.29) is 11.9 Å². The lowest BCUT2D eigenvalue weighted by atomic mass is 10.0. The summed E-state index contributed by atoms with van der Waals surface area (Å²) in [7, 11) is 0. The van der Waals surface area contributed by atoms with Crippen molar-refractivity contribution < 1.29 is 4.39 Å². The minimum atomic E-state index is -0.225. The van der Waals surface area contributed by atoms with Crippen molar-refractivity contribution in [3.63, 3.8) is 0 Å². The van der Waals surface area contributed by atoms with Gasteiger partial charge < -0.3 is 0 Å². The van der Waals surface area contributed by atoms with Crippen molar-refractivity contribution in [2.45, 2.75) is 45.1 Å². The minimum absolute atomic E-state index is 0.225. The topological polar surface area (TPSA) is 38.0 Å². The first-order valence-electron chi connectivity index (χ1n) is 6.07. The van der Waals surface area contributed by atoms with E-state index in [0.717, 1.165) is 18.4 Å². The Balaban J connectivity index is 2.51. The van der Waals surface area contributed by atoms with Gasteiger partial charge in [-0.15, -0.1) is 0 Å². The molecule has 0 heterocycles. The molecule has 1 unspecified atom stereocenters. The zero-order valence-electron chi connectivity index (χ0n) is 10.2. The molecule has 96 valence electrons. The molecular formula is C13H20BrFN2. The normalized spacial score (nSPS) is 12.7. The second-order valence-electron chi connectivity index (χ2n) is 4.31. The van der Waals surface area contributed by atoms with Crippen molar-refractivity contribution in [2.24, 2.45) is 5.84 Å². The second-order valence-corrected chi connectivity index (χ2v) is 5.17. The summed E-state index contributed by atoms with van der Waals surface area (Å²) in [4.78, 5) is 0. The summed E-state index contributed by atoms with van der Waals surface area (Å²) in [5.41, 5.74) is 3.93. The number of hydrazine groups is 1. The summed E-state index contributed by atoms with van der Waals surface area (Å²) >= 11 is 3.20. The van der Waals surface area contributed by atoms with Gasteiger partial charge in [-0.2, -0.15) is 0 Å². The Morgan fingerprint density at radius 1 is 1.41 bits per heavy atom. The minimum Gasteiger partial charge on any atom is -0.271 e. The van der Waals surface area contributed by atoms with E-state index in [1.165, 1.54) is 25.3 Å². The molecule has 0 amide bonds. The van der Waals surface area contributed by atoms with Crippen LogP contribution in [-0.4, -0.2) is 6.04 Å². The van der Waals surface area contributed by atoms with E-state index in [1.54, 1.807) is 0 Å². The molecule has 0 aliphatic carbocycles. The summed E-state index contributed by atoms with van der Waals surface area (Å²) < 4.78 is 13.6. The summed E-state index contributed by atoms with van der Waals surface area (Å²) in [5, 5.41) is 0. The largest absolute Gasteiger partial charge is 0.271 e. The molecule has 2 nitrogen and oxygen atoms in total. The molecule has 1 atom stereocenters. The van der Waals surface area contributed by atoms with Gasteiger partial charge in [0.2, 0.25) is 0 Å². The molecule has 1 aromatic carbocycles. The van der Waals surface area contributed by atoms with Crippen LogP contribution in [0.15, 0.2) is 22.7 Å². The van der Waals surface area contributed by atoms with Crippen LogP contribution < -0.4 is 11.3 Å². The zero-order valence-corrected chi connectivity index (χ0v) is 11.8. The fourth-order valence-electron chi connectivity index (χ4n) is 1.84. The maximum absolute atomic E-state index is 13.1.